The van der Waals surface area contributed by atoms with E-state index in [4.69, 9.17) is 0 Å². The second kappa shape index (κ2) is 6.43. The smallest absolute Gasteiger partial charge is 0.240 e. The molecule has 2 rings (SSSR count). The van der Waals surface area contributed by atoms with Crippen molar-refractivity contribution in [1.82, 2.24) is 14.7 Å². The van der Waals surface area contributed by atoms with Crippen molar-refractivity contribution in [1.29, 1.82) is 0 Å². The highest BCUT2D eigenvalue weighted by atomic mass is 79.9. The van der Waals surface area contributed by atoms with E-state index in [2.05, 4.69) is 30.6 Å². The lowest BCUT2D eigenvalue weighted by atomic mass is 10.2. The van der Waals surface area contributed by atoms with E-state index in [1.807, 2.05) is 0 Å². The van der Waals surface area contributed by atoms with E-state index in [-0.39, 0.29) is 11.4 Å². The Balaban J connectivity index is 2.10. The number of aromatic nitrogens is 2. The third kappa shape index (κ3) is 3.84. The molecule has 20 heavy (non-hydrogen) atoms. The fourth-order valence-corrected chi connectivity index (χ4v) is 2.99. The average molecular weight is 356 g/mol. The highest BCUT2D eigenvalue weighted by Crippen LogP contribution is 2.12. The number of halogens is 1. The maximum atomic E-state index is 12.1. The SMILES string of the molecule is Cc1nccc(CNS(=O)(=O)c2ccc(CBr)cc2)n1. The number of rotatable bonds is 5. The van der Waals surface area contributed by atoms with E-state index in [0.29, 0.717) is 16.8 Å². The van der Waals surface area contributed by atoms with Crippen LogP contribution in [-0.2, 0) is 21.9 Å². The van der Waals surface area contributed by atoms with Gasteiger partial charge in [0, 0.05) is 11.5 Å². The molecule has 2 aromatic rings. The molecule has 1 heterocycles. The normalized spacial score (nSPS) is 11.5. The first kappa shape index (κ1) is 15.1. The van der Waals surface area contributed by atoms with E-state index in [1.54, 1.807) is 43.5 Å². The number of hydrogen-bond donors (Lipinski definition) is 1. The van der Waals surface area contributed by atoms with Crippen LogP contribution >= 0.6 is 15.9 Å². The summed E-state index contributed by atoms with van der Waals surface area (Å²) in [5, 5.41) is 0.695. The summed E-state index contributed by atoms with van der Waals surface area (Å²) in [6, 6.07) is 8.41. The molecule has 0 radical (unpaired) electrons. The number of aryl methyl sites for hydroxylation is 1. The van der Waals surface area contributed by atoms with E-state index in [0.717, 1.165) is 5.56 Å². The Morgan fingerprint density at radius 3 is 2.50 bits per heavy atom. The summed E-state index contributed by atoms with van der Waals surface area (Å²) in [6.07, 6.45) is 1.61. The zero-order valence-corrected chi connectivity index (χ0v) is 13.3. The van der Waals surface area contributed by atoms with Crippen molar-refractivity contribution in [3.05, 3.63) is 53.6 Å². The van der Waals surface area contributed by atoms with Crippen molar-refractivity contribution in [2.75, 3.05) is 0 Å². The zero-order chi connectivity index (χ0) is 14.6. The van der Waals surface area contributed by atoms with Gasteiger partial charge in [0.1, 0.15) is 5.82 Å². The van der Waals surface area contributed by atoms with Gasteiger partial charge in [0.2, 0.25) is 10.0 Å². The summed E-state index contributed by atoms with van der Waals surface area (Å²) in [4.78, 5) is 8.37. The molecule has 1 aromatic carbocycles. The minimum Gasteiger partial charge on any atom is -0.242 e. The van der Waals surface area contributed by atoms with Crippen LogP contribution in [0.5, 0.6) is 0 Å². The minimum atomic E-state index is -3.52. The molecule has 0 fully saturated rings. The van der Waals surface area contributed by atoms with Crippen molar-refractivity contribution >= 4 is 26.0 Å². The van der Waals surface area contributed by atoms with Crippen LogP contribution in [0.25, 0.3) is 0 Å². The monoisotopic (exact) mass is 355 g/mol. The van der Waals surface area contributed by atoms with Gasteiger partial charge in [0.25, 0.3) is 0 Å². The van der Waals surface area contributed by atoms with Gasteiger partial charge in [0.15, 0.2) is 0 Å². The summed E-state index contributed by atoms with van der Waals surface area (Å²) in [5.41, 5.74) is 1.66. The van der Waals surface area contributed by atoms with Crippen molar-refractivity contribution in [2.45, 2.75) is 23.7 Å². The first-order valence-electron chi connectivity index (χ1n) is 5.94. The van der Waals surface area contributed by atoms with Crippen LogP contribution in [0.1, 0.15) is 17.1 Å². The summed E-state index contributed by atoms with van der Waals surface area (Å²) in [6.45, 7) is 1.91. The van der Waals surface area contributed by atoms with Crippen LogP contribution < -0.4 is 4.72 Å². The minimum absolute atomic E-state index is 0.145. The summed E-state index contributed by atoms with van der Waals surface area (Å²) in [7, 11) is -3.52. The molecule has 0 aliphatic heterocycles. The van der Waals surface area contributed by atoms with Gasteiger partial charge in [-0.3, -0.25) is 0 Å². The van der Waals surface area contributed by atoms with Crippen molar-refractivity contribution in [3.63, 3.8) is 0 Å². The molecule has 106 valence electrons. The van der Waals surface area contributed by atoms with Gasteiger partial charge in [-0.15, -0.1) is 0 Å². The van der Waals surface area contributed by atoms with E-state index in [1.165, 1.54) is 0 Å². The van der Waals surface area contributed by atoms with Crippen molar-refractivity contribution in [2.24, 2.45) is 0 Å². The molecular formula is C13H14BrN3O2S. The Bertz CT molecular complexity index is 687. The number of nitrogens with one attached hydrogen (secondary N) is 1. The Kier molecular flexibility index (Phi) is 4.85. The molecule has 7 heteroatoms. The first-order chi connectivity index (χ1) is 9.51. The van der Waals surface area contributed by atoms with Crippen LogP contribution in [0.4, 0.5) is 0 Å². The second-order valence-corrected chi connectivity index (χ2v) is 6.53. The van der Waals surface area contributed by atoms with Crippen LogP contribution in [0.3, 0.4) is 0 Å². The predicted octanol–water partition coefficient (Wildman–Crippen LogP) is 2.16. The second-order valence-electron chi connectivity index (χ2n) is 4.20. The highest BCUT2D eigenvalue weighted by Gasteiger charge is 2.13. The predicted molar refractivity (Wildman–Crippen MR) is 79.9 cm³/mol. The van der Waals surface area contributed by atoms with E-state index in [9.17, 15) is 8.42 Å². The lowest BCUT2D eigenvalue weighted by molar-refractivity contribution is 0.580. The van der Waals surface area contributed by atoms with Gasteiger partial charge in [-0.05, 0) is 30.7 Å². The third-order valence-corrected chi connectivity index (χ3v) is 4.73. The maximum absolute atomic E-state index is 12.1. The highest BCUT2D eigenvalue weighted by molar-refractivity contribution is 9.08. The van der Waals surface area contributed by atoms with Gasteiger partial charge in [-0.25, -0.2) is 23.1 Å². The van der Waals surface area contributed by atoms with Crippen molar-refractivity contribution in [3.8, 4) is 0 Å². The molecule has 1 N–H and O–H groups in total. The Morgan fingerprint density at radius 1 is 1.20 bits per heavy atom. The molecule has 0 amide bonds. The molecule has 0 aliphatic carbocycles. The van der Waals surface area contributed by atoms with Crippen LogP contribution in [0.15, 0.2) is 41.4 Å². The number of sulfonamides is 1. The Labute approximate surface area is 126 Å². The quantitative estimate of drug-likeness (QED) is 0.834. The molecule has 5 nitrogen and oxygen atoms in total. The van der Waals surface area contributed by atoms with Gasteiger partial charge in [-0.2, -0.15) is 0 Å². The summed E-state index contributed by atoms with van der Waals surface area (Å²) < 4.78 is 26.8. The molecule has 0 aliphatic rings. The first-order valence-corrected chi connectivity index (χ1v) is 8.55. The molecule has 0 saturated heterocycles. The molecule has 0 atom stereocenters. The average Bonchev–Trinajstić information content (AvgIpc) is 2.45. The van der Waals surface area contributed by atoms with Crippen LogP contribution in [0.2, 0.25) is 0 Å². The largest absolute Gasteiger partial charge is 0.242 e. The number of hydrogen-bond acceptors (Lipinski definition) is 4. The third-order valence-electron chi connectivity index (χ3n) is 2.66. The summed E-state index contributed by atoms with van der Waals surface area (Å²) in [5.74, 6) is 0.614. The maximum Gasteiger partial charge on any atom is 0.240 e. The molecule has 0 unspecified atom stereocenters. The van der Waals surface area contributed by atoms with E-state index < -0.39 is 10.0 Å². The van der Waals surface area contributed by atoms with E-state index >= 15 is 0 Å². The Morgan fingerprint density at radius 2 is 1.90 bits per heavy atom. The van der Waals surface area contributed by atoms with Gasteiger partial charge in [0.05, 0.1) is 17.1 Å². The summed E-state index contributed by atoms with van der Waals surface area (Å²) >= 11 is 3.32. The van der Waals surface area contributed by atoms with Crippen LogP contribution in [-0.4, -0.2) is 18.4 Å². The zero-order valence-electron chi connectivity index (χ0n) is 10.9. The number of alkyl halides is 1. The number of nitrogens with zero attached hydrogens (tertiary/aromatic N) is 2. The van der Waals surface area contributed by atoms with Crippen molar-refractivity contribution < 1.29 is 8.42 Å². The van der Waals surface area contributed by atoms with Gasteiger partial charge < -0.3 is 0 Å². The number of benzene rings is 1. The Hall–Kier alpha value is -1.31. The fourth-order valence-electron chi connectivity index (χ4n) is 1.61. The molecular weight excluding hydrogens is 342 g/mol. The fraction of sp³-hybridized carbons (Fsp3) is 0.231. The lowest BCUT2D eigenvalue weighted by Gasteiger charge is -2.07. The van der Waals surface area contributed by atoms with Gasteiger partial charge >= 0.3 is 0 Å². The van der Waals surface area contributed by atoms with Gasteiger partial charge in [-0.1, -0.05) is 28.1 Å². The molecule has 0 saturated carbocycles. The standard InChI is InChI=1S/C13H14BrN3O2S/c1-10-15-7-6-12(17-10)9-16-20(18,19)13-4-2-11(8-14)3-5-13/h2-7,16H,8-9H2,1H3. The lowest BCUT2D eigenvalue weighted by Crippen LogP contribution is -2.23. The molecule has 0 bridgehead atoms. The molecule has 1 aromatic heterocycles. The van der Waals surface area contributed by atoms with Crippen LogP contribution in [0, 0.1) is 6.92 Å². The topological polar surface area (TPSA) is 72.0 Å². The molecule has 0 spiro atoms.